The minimum absolute atomic E-state index is 0.362. The van der Waals surface area contributed by atoms with Crippen LogP contribution in [0, 0.1) is 6.92 Å². The quantitative estimate of drug-likeness (QED) is 0.660. The van der Waals surface area contributed by atoms with Crippen LogP contribution in [0.2, 0.25) is 0 Å². The van der Waals surface area contributed by atoms with Gasteiger partial charge in [0, 0.05) is 24.5 Å². The summed E-state index contributed by atoms with van der Waals surface area (Å²) in [5.74, 6) is 1.40. The van der Waals surface area contributed by atoms with E-state index in [1.54, 1.807) is 4.52 Å². The SMILES string of the molecule is Cc1cc(Nc2nc(N3CCC[C@@]3(C)C(N)=O)nn3cccc23)n[nH]1. The van der Waals surface area contributed by atoms with Crippen LogP contribution in [0.4, 0.5) is 17.6 Å². The maximum Gasteiger partial charge on any atom is 0.246 e. The second kappa shape index (κ2) is 5.47. The fourth-order valence-electron chi connectivity index (χ4n) is 3.27. The number of fused-ring (bicyclic) bond motifs is 1. The van der Waals surface area contributed by atoms with Crippen LogP contribution in [0.25, 0.3) is 5.52 Å². The normalized spacial score (nSPS) is 20.3. The number of rotatable bonds is 4. The van der Waals surface area contributed by atoms with Crippen molar-refractivity contribution in [1.82, 2.24) is 24.8 Å². The molecule has 1 aliphatic heterocycles. The number of carbonyl (C=O) groups is 1. The van der Waals surface area contributed by atoms with Gasteiger partial charge in [-0.15, -0.1) is 5.10 Å². The van der Waals surface area contributed by atoms with E-state index < -0.39 is 5.54 Å². The van der Waals surface area contributed by atoms with E-state index in [0.717, 1.165) is 17.6 Å². The van der Waals surface area contributed by atoms with Crippen LogP contribution in [-0.2, 0) is 4.79 Å². The maximum atomic E-state index is 12.0. The number of aromatic amines is 1. The molecule has 0 radical (unpaired) electrons. The molecule has 0 bridgehead atoms. The molecule has 1 aliphatic rings. The van der Waals surface area contributed by atoms with E-state index in [1.807, 2.05) is 43.1 Å². The third kappa shape index (κ3) is 2.48. The van der Waals surface area contributed by atoms with E-state index in [-0.39, 0.29) is 5.91 Å². The predicted molar refractivity (Wildman–Crippen MR) is 93.8 cm³/mol. The Balaban J connectivity index is 1.79. The molecule has 9 nitrogen and oxygen atoms in total. The number of carbonyl (C=O) groups excluding carboxylic acids is 1. The summed E-state index contributed by atoms with van der Waals surface area (Å²) < 4.78 is 1.74. The van der Waals surface area contributed by atoms with E-state index in [9.17, 15) is 4.79 Å². The summed E-state index contributed by atoms with van der Waals surface area (Å²) >= 11 is 0. The fraction of sp³-hybridized carbons (Fsp3) is 0.375. The van der Waals surface area contributed by atoms with Gasteiger partial charge in [-0.25, -0.2) is 4.52 Å². The highest BCUT2D eigenvalue weighted by atomic mass is 16.1. The van der Waals surface area contributed by atoms with Crippen molar-refractivity contribution < 1.29 is 4.79 Å². The van der Waals surface area contributed by atoms with Crippen LogP contribution >= 0.6 is 0 Å². The van der Waals surface area contributed by atoms with Gasteiger partial charge in [0.15, 0.2) is 11.6 Å². The van der Waals surface area contributed by atoms with Crippen molar-refractivity contribution in [3.8, 4) is 0 Å². The van der Waals surface area contributed by atoms with Gasteiger partial charge in [-0.3, -0.25) is 9.89 Å². The first-order valence-electron chi connectivity index (χ1n) is 8.19. The molecule has 130 valence electrons. The lowest BCUT2D eigenvalue weighted by molar-refractivity contribution is -0.122. The van der Waals surface area contributed by atoms with Crippen molar-refractivity contribution in [3.05, 3.63) is 30.1 Å². The molecule has 1 amide bonds. The van der Waals surface area contributed by atoms with Crippen molar-refractivity contribution in [1.29, 1.82) is 0 Å². The number of hydrogen-bond acceptors (Lipinski definition) is 6. The Bertz CT molecular complexity index is 945. The molecule has 1 atom stereocenters. The van der Waals surface area contributed by atoms with Gasteiger partial charge in [0.1, 0.15) is 11.1 Å². The number of aryl methyl sites for hydroxylation is 1. The highest BCUT2D eigenvalue weighted by Crippen LogP contribution is 2.33. The monoisotopic (exact) mass is 340 g/mol. The van der Waals surface area contributed by atoms with Gasteiger partial charge in [-0.2, -0.15) is 10.1 Å². The first kappa shape index (κ1) is 15.4. The number of H-pyrrole nitrogens is 1. The average Bonchev–Trinajstić information content (AvgIpc) is 3.27. The van der Waals surface area contributed by atoms with Crippen LogP contribution < -0.4 is 16.0 Å². The summed E-state index contributed by atoms with van der Waals surface area (Å²) in [5, 5.41) is 14.9. The van der Waals surface area contributed by atoms with E-state index in [0.29, 0.717) is 30.5 Å². The molecule has 4 N–H and O–H groups in total. The molecule has 25 heavy (non-hydrogen) atoms. The molecule has 0 saturated carbocycles. The zero-order valence-corrected chi connectivity index (χ0v) is 14.2. The highest BCUT2D eigenvalue weighted by Gasteiger charge is 2.43. The summed E-state index contributed by atoms with van der Waals surface area (Å²) in [6.07, 6.45) is 3.41. The summed E-state index contributed by atoms with van der Waals surface area (Å²) in [6.45, 7) is 4.46. The predicted octanol–water partition coefficient (Wildman–Crippen LogP) is 1.35. The lowest BCUT2D eigenvalue weighted by atomic mass is 9.98. The standard InChI is InChI=1S/C16H20N8O/c1-10-9-12(21-20-10)18-13-11-5-3-8-24(11)22-15(19-13)23-7-4-6-16(23,2)14(17)25/h3,5,8-9H,4,6-7H2,1-2H3,(H2,17,25)(H2,18,19,20,21,22)/t16-/m0/s1. The molecule has 1 saturated heterocycles. The number of hydrogen-bond donors (Lipinski definition) is 3. The molecule has 3 aromatic heterocycles. The second-order valence-corrected chi connectivity index (χ2v) is 6.55. The lowest BCUT2D eigenvalue weighted by Gasteiger charge is -2.32. The minimum Gasteiger partial charge on any atom is -0.368 e. The van der Waals surface area contributed by atoms with Crippen molar-refractivity contribution in [3.63, 3.8) is 0 Å². The van der Waals surface area contributed by atoms with Gasteiger partial charge in [-0.1, -0.05) is 0 Å². The highest BCUT2D eigenvalue weighted by molar-refractivity contribution is 5.88. The number of nitrogens with two attached hydrogens (primary N) is 1. The van der Waals surface area contributed by atoms with Gasteiger partial charge in [0.05, 0.1) is 0 Å². The van der Waals surface area contributed by atoms with Crippen molar-refractivity contribution >= 4 is 29.0 Å². The largest absolute Gasteiger partial charge is 0.368 e. The summed E-state index contributed by atoms with van der Waals surface area (Å²) in [6, 6.07) is 5.71. The summed E-state index contributed by atoms with van der Waals surface area (Å²) in [4.78, 5) is 18.5. The van der Waals surface area contributed by atoms with Gasteiger partial charge >= 0.3 is 0 Å². The molecule has 3 aromatic rings. The number of nitrogens with zero attached hydrogens (tertiary/aromatic N) is 5. The van der Waals surface area contributed by atoms with Crippen molar-refractivity contribution in [2.45, 2.75) is 32.2 Å². The number of aromatic nitrogens is 5. The van der Waals surface area contributed by atoms with Gasteiger partial charge < -0.3 is 16.0 Å². The molecule has 1 fully saturated rings. The molecule has 9 heteroatoms. The number of amides is 1. The molecular formula is C16H20N8O. The van der Waals surface area contributed by atoms with Gasteiger partial charge in [-0.05, 0) is 38.8 Å². The maximum absolute atomic E-state index is 12.0. The zero-order valence-electron chi connectivity index (χ0n) is 14.2. The average molecular weight is 340 g/mol. The fourth-order valence-corrected chi connectivity index (χ4v) is 3.27. The third-order valence-corrected chi connectivity index (χ3v) is 4.75. The third-order valence-electron chi connectivity index (χ3n) is 4.75. The Morgan fingerprint density at radius 1 is 1.48 bits per heavy atom. The van der Waals surface area contributed by atoms with Crippen LogP contribution in [-0.4, -0.2) is 42.8 Å². The van der Waals surface area contributed by atoms with Gasteiger partial charge in [0.2, 0.25) is 11.9 Å². The first-order chi connectivity index (χ1) is 12.0. The van der Waals surface area contributed by atoms with Crippen LogP contribution in [0.15, 0.2) is 24.4 Å². The van der Waals surface area contributed by atoms with Gasteiger partial charge in [0.25, 0.3) is 0 Å². The zero-order chi connectivity index (χ0) is 17.6. The molecule has 4 heterocycles. The molecule has 0 spiro atoms. The molecule has 0 aliphatic carbocycles. The van der Waals surface area contributed by atoms with Crippen LogP contribution in [0.1, 0.15) is 25.5 Å². The molecule has 0 unspecified atom stereocenters. The Hall–Kier alpha value is -3.10. The Labute approximate surface area is 144 Å². The minimum atomic E-state index is -0.777. The van der Waals surface area contributed by atoms with E-state index in [4.69, 9.17) is 5.73 Å². The van der Waals surface area contributed by atoms with E-state index in [1.165, 1.54) is 0 Å². The summed E-state index contributed by atoms with van der Waals surface area (Å²) in [5.41, 5.74) is 6.64. The van der Waals surface area contributed by atoms with Crippen LogP contribution in [0.5, 0.6) is 0 Å². The number of nitrogens with one attached hydrogen (secondary N) is 2. The smallest absolute Gasteiger partial charge is 0.246 e. The number of anilines is 3. The molecule has 0 aromatic carbocycles. The van der Waals surface area contributed by atoms with Crippen molar-refractivity contribution in [2.75, 3.05) is 16.8 Å². The molecule has 4 rings (SSSR count). The van der Waals surface area contributed by atoms with E-state index in [2.05, 4.69) is 25.6 Å². The summed E-state index contributed by atoms with van der Waals surface area (Å²) in [7, 11) is 0. The second-order valence-electron chi connectivity index (χ2n) is 6.55. The first-order valence-corrected chi connectivity index (χ1v) is 8.19. The number of primary amides is 1. The van der Waals surface area contributed by atoms with Crippen LogP contribution in [0.3, 0.4) is 0 Å². The Kier molecular flexibility index (Phi) is 3.38. The van der Waals surface area contributed by atoms with Crippen molar-refractivity contribution in [2.24, 2.45) is 5.73 Å². The lowest BCUT2D eigenvalue weighted by Crippen LogP contribution is -2.52. The topological polar surface area (TPSA) is 117 Å². The van der Waals surface area contributed by atoms with E-state index >= 15 is 0 Å². The Morgan fingerprint density at radius 2 is 2.32 bits per heavy atom. The Morgan fingerprint density at radius 3 is 3.04 bits per heavy atom. The molecular weight excluding hydrogens is 320 g/mol.